The average Bonchev–Trinajstić information content (AvgIpc) is 2.83. The van der Waals surface area contributed by atoms with Gasteiger partial charge in [0, 0.05) is 22.4 Å². The zero-order chi connectivity index (χ0) is 21.0. The molecule has 1 unspecified atom stereocenters. The van der Waals surface area contributed by atoms with Crippen molar-refractivity contribution in [1.82, 2.24) is 4.90 Å². The number of imide groups is 1. The van der Waals surface area contributed by atoms with Crippen molar-refractivity contribution in [3.63, 3.8) is 0 Å². The van der Waals surface area contributed by atoms with Crippen molar-refractivity contribution in [2.24, 2.45) is 5.92 Å². The summed E-state index contributed by atoms with van der Waals surface area (Å²) < 4.78 is 5.36. The molecule has 1 heterocycles. The molecule has 1 saturated heterocycles. The minimum Gasteiger partial charge on any atom is -0.496 e. The number of benzene rings is 2. The third-order valence-corrected chi connectivity index (χ3v) is 5.49. The van der Waals surface area contributed by atoms with Gasteiger partial charge in [-0.3, -0.25) is 19.3 Å². The smallest absolute Gasteiger partial charge is 0.234 e. The second-order valence-corrected chi connectivity index (χ2v) is 7.93. The molecule has 3 rings (SSSR count). The van der Waals surface area contributed by atoms with Crippen LogP contribution in [-0.4, -0.2) is 36.2 Å². The first-order valence-corrected chi connectivity index (χ1v) is 10.1. The Morgan fingerprint density at radius 1 is 1.10 bits per heavy atom. The van der Waals surface area contributed by atoms with Crippen LogP contribution in [0.1, 0.15) is 24.0 Å². The number of nitrogens with zero attached hydrogens (tertiary/aromatic N) is 1. The quantitative estimate of drug-likeness (QED) is 0.710. The molecule has 2 amide bonds. The molecule has 1 aliphatic rings. The second-order valence-electron chi connectivity index (χ2n) is 7.06. The van der Waals surface area contributed by atoms with Crippen molar-refractivity contribution in [1.29, 1.82) is 0 Å². The molecule has 2 aromatic rings. The molecule has 5 nitrogen and oxygen atoms in total. The van der Waals surface area contributed by atoms with E-state index >= 15 is 0 Å². The van der Waals surface area contributed by atoms with E-state index in [9.17, 15) is 14.4 Å². The van der Waals surface area contributed by atoms with E-state index in [2.05, 4.69) is 0 Å². The molecular formula is C22H21Cl2NO4. The number of ether oxygens (including phenoxy) is 1. The summed E-state index contributed by atoms with van der Waals surface area (Å²) in [5, 5.41) is 1.10. The molecule has 7 heteroatoms. The van der Waals surface area contributed by atoms with Gasteiger partial charge in [-0.05, 0) is 54.3 Å². The maximum absolute atomic E-state index is 13.1. The third kappa shape index (κ3) is 5.37. The van der Waals surface area contributed by atoms with E-state index in [-0.39, 0.29) is 31.1 Å². The highest BCUT2D eigenvalue weighted by atomic mass is 35.5. The van der Waals surface area contributed by atoms with E-state index < -0.39 is 11.8 Å². The van der Waals surface area contributed by atoms with E-state index in [0.29, 0.717) is 28.6 Å². The molecule has 0 N–H and O–H groups in total. The molecule has 0 aliphatic carbocycles. The number of carbonyl (C=O) groups is 3. The lowest BCUT2D eigenvalue weighted by molar-refractivity contribution is -0.148. The molecule has 0 saturated carbocycles. The first-order valence-electron chi connectivity index (χ1n) is 9.30. The number of rotatable bonds is 5. The van der Waals surface area contributed by atoms with E-state index in [1.54, 1.807) is 49.6 Å². The van der Waals surface area contributed by atoms with Gasteiger partial charge in [0.15, 0.2) is 5.78 Å². The van der Waals surface area contributed by atoms with Gasteiger partial charge in [0.2, 0.25) is 11.8 Å². The van der Waals surface area contributed by atoms with Crippen LogP contribution in [0.4, 0.5) is 0 Å². The second kappa shape index (κ2) is 9.42. The summed E-state index contributed by atoms with van der Waals surface area (Å²) in [4.78, 5) is 39.2. The van der Waals surface area contributed by atoms with Crippen molar-refractivity contribution in [2.75, 3.05) is 13.7 Å². The van der Waals surface area contributed by atoms with Gasteiger partial charge in [0.1, 0.15) is 5.75 Å². The number of amides is 2. The molecule has 29 heavy (non-hydrogen) atoms. The highest BCUT2D eigenvalue weighted by molar-refractivity contribution is 6.30. The lowest BCUT2D eigenvalue weighted by Crippen LogP contribution is -2.42. The maximum atomic E-state index is 13.1. The Bertz CT molecular complexity index is 927. The number of hydrogen-bond acceptors (Lipinski definition) is 4. The van der Waals surface area contributed by atoms with Gasteiger partial charge in [-0.25, -0.2) is 0 Å². The predicted molar refractivity (Wildman–Crippen MR) is 111 cm³/mol. The van der Waals surface area contributed by atoms with Crippen LogP contribution < -0.4 is 4.74 Å². The zero-order valence-electron chi connectivity index (χ0n) is 16.0. The van der Waals surface area contributed by atoms with Crippen molar-refractivity contribution in [3.05, 3.63) is 63.6 Å². The number of halogens is 2. The fraction of sp³-hybridized carbons (Fsp3) is 0.318. The topological polar surface area (TPSA) is 63.7 Å². The van der Waals surface area contributed by atoms with Gasteiger partial charge in [-0.1, -0.05) is 35.3 Å². The van der Waals surface area contributed by atoms with Gasteiger partial charge in [0.25, 0.3) is 0 Å². The van der Waals surface area contributed by atoms with E-state index in [1.807, 2.05) is 0 Å². The van der Waals surface area contributed by atoms with Crippen LogP contribution in [0.3, 0.4) is 0 Å². The van der Waals surface area contributed by atoms with E-state index in [0.717, 1.165) is 16.0 Å². The van der Waals surface area contributed by atoms with Crippen molar-refractivity contribution < 1.29 is 19.1 Å². The SMILES string of the molecule is COc1ccc(Cl)cc1CC1CCC(=O)CN(C(=O)Cc2ccc(Cl)cc2)C1=O. The lowest BCUT2D eigenvalue weighted by atomic mass is 9.93. The normalized spacial score (nSPS) is 17.2. The van der Waals surface area contributed by atoms with Crippen molar-refractivity contribution in [3.8, 4) is 5.75 Å². The first kappa shape index (κ1) is 21.3. The number of Topliss-reactive ketones (excluding diaryl/α,β-unsaturated/α-hetero) is 1. The number of methoxy groups -OCH3 is 1. The Labute approximate surface area is 179 Å². The Morgan fingerprint density at radius 2 is 1.79 bits per heavy atom. The monoisotopic (exact) mass is 433 g/mol. The minimum absolute atomic E-state index is 0.0311. The molecule has 1 atom stereocenters. The van der Waals surface area contributed by atoms with Gasteiger partial charge in [0.05, 0.1) is 20.1 Å². The molecule has 2 aromatic carbocycles. The Morgan fingerprint density at radius 3 is 2.48 bits per heavy atom. The number of ketones is 1. The van der Waals surface area contributed by atoms with Crippen molar-refractivity contribution >= 4 is 40.8 Å². The summed E-state index contributed by atoms with van der Waals surface area (Å²) in [6, 6.07) is 12.1. The summed E-state index contributed by atoms with van der Waals surface area (Å²) >= 11 is 12.0. The minimum atomic E-state index is -0.497. The molecule has 0 radical (unpaired) electrons. The molecule has 1 aliphatic heterocycles. The number of likely N-dealkylation sites (tertiary alicyclic amines) is 1. The standard InChI is InChI=1S/C22H21Cl2NO4/c1-29-20-9-7-18(24)12-16(20)11-15-4-8-19(26)13-25(22(15)28)21(27)10-14-2-5-17(23)6-3-14/h2-3,5-7,9,12,15H,4,8,10-11,13H2,1H3. The summed E-state index contributed by atoms with van der Waals surface area (Å²) in [5.74, 6) is -0.726. The molecule has 1 fully saturated rings. The molecule has 0 spiro atoms. The highest BCUT2D eigenvalue weighted by Crippen LogP contribution is 2.29. The highest BCUT2D eigenvalue weighted by Gasteiger charge is 2.34. The predicted octanol–water partition coefficient (Wildman–Crippen LogP) is 4.12. The van der Waals surface area contributed by atoms with Crippen LogP contribution in [0.5, 0.6) is 5.75 Å². The Kier molecular flexibility index (Phi) is 6.93. The molecular weight excluding hydrogens is 413 g/mol. The molecule has 0 bridgehead atoms. The average molecular weight is 434 g/mol. The van der Waals surface area contributed by atoms with E-state index in [1.165, 1.54) is 0 Å². The van der Waals surface area contributed by atoms with Gasteiger partial charge in [-0.15, -0.1) is 0 Å². The van der Waals surface area contributed by atoms with Crippen LogP contribution in [0.2, 0.25) is 10.0 Å². The summed E-state index contributed by atoms with van der Waals surface area (Å²) in [5.41, 5.74) is 1.51. The fourth-order valence-electron chi connectivity index (χ4n) is 3.46. The Hall–Kier alpha value is -2.37. The van der Waals surface area contributed by atoms with Crippen LogP contribution in [0.15, 0.2) is 42.5 Å². The van der Waals surface area contributed by atoms with E-state index in [4.69, 9.17) is 27.9 Å². The summed E-state index contributed by atoms with van der Waals surface area (Å²) in [6.45, 7) is -0.186. The number of hydrogen-bond donors (Lipinski definition) is 0. The third-order valence-electron chi connectivity index (χ3n) is 5.00. The maximum Gasteiger partial charge on any atom is 0.234 e. The van der Waals surface area contributed by atoms with Gasteiger partial charge in [-0.2, -0.15) is 0 Å². The van der Waals surface area contributed by atoms with Gasteiger partial charge >= 0.3 is 0 Å². The summed E-state index contributed by atoms with van der Waals surface area (Å²) in [6.07, 6.45) is 1.02. The zero-order valence-corrected chi connectivity index (χ0v) is 17.5. The van der Waals surface area contributed by atoms with Crippen LogP contribution in [0.25, 0.3) is 0 Å². The van der Waals surface area contributed by atoms with Crippen molar-refractivity contribution in [2.45, 2.75) is 25.7 Å². The van der Waals surface area contributed by atoms with Gasteiger partial charge < -0.3 is 4.74 Å². The van der Waals surface area contributed by atoms with Crippen LogP contribution >= 0.6 is 23.2 Å². The van der Waals surface area contributed by atoms with Crippen LogP contribution in [0, 0.1) is 5.92 Å². The molecule has 0 aromatic heterocycles. The van der Waals surface area contributed by atoms with Crippen LogP contribution in [-0.2, 0) is 27.2 Å². The Balaban J connectivity index is 1.80. The number of carbonyl (C=O) groups excluding carboxylic acids is 3. The summed E-state index contributed by atoms with van der Waals surface area (Å²) in [7, 11) is 1.55. The molecule has 152 valence electrons. The lowest BCUT2D eigenvalue weighted by Gasteiger charge is -2.23. The first-order chi connectivity index (χ1) is 13.9. The fourth-order valence-corrected chi connectivity index (χ4v) is 3.78. The largest absolute Gasteiger partial charge is 0.496 e.